The van der Waals surface area contributed by atoms with E-state index in [9.17, 15) is 4.79 Å². The molecule has 1 amide bonds. The van der Waals surface area contributed by atoms with Crippen molar-refractivity contribution in [1.29, 1.82) is 0 Å². The van der Waals surface area contributed by atoms with Gasteiger partial charge in [0.25, 0.3) is 0 Å². The maximum Gasteiger partial charge on any atom is 0.238 e. The number of hydrogen-bond donors (Lipinski definition) is 1. The summed E-state index contributed by atoms with van der Waals surface area (Å²) in [6.07, 6.45) is 0. The Bertz CT molecular complexity index is 749. The third kappa shape index (κ3) is 5.21. The number of rotatable bonds is 7. The highest BCUT2D eigenvalue weighted by molar-refractivity contribution is 9.10. The van der Waals surface area contributed by atoms with Crippen LogP contribution in [0.15, 0.2) is 40.9 Å². The second-order valence-electron chi connectivity index (χ2n) is 5.84. The quantitative estimate of drug-likeness (QED) is 0.758. The molecule has 2 aromatic carbocycles. The Kier molecular flexibility index (Phi) is 6.84. The van der Waals surface area contributed by atoms with Crippen LogP contribution in [0.5, 0.6) is 11.5 Å². The lowest BCUT2D eigenvalue weighted by molar-refractivity contribution is -0.117. The standard InChI is InChI=1S/C19H23BrN2O3/c1-13-8-9-15(10-16(13)20)21-18(23)12-22(2)11-14-6-5-7-17(24-3)19(14)25-4/h5-10H,11-12H2,1-4H3,(H,21,23). The predicted octanol–water partition coefficient (Wildman–Crippen LogP) is 3.85. The highest BCUT2D eigenvalue weighted by Gasteiger charge is 2.13. The number of benzene rings is 2. The second kappa shape index (κ2) is 8.87. The van der Waals surface area contributed by atoms with E-state index in [2.05, 4.69) is 21.2 Å². The van der Waals surface area contributed by atoms with E-state index in [-0.39, 0.29) is 12.5 Å². The molecule has 2 rings (SSSR count). The Hall–Kier alpha value is -2.05. The van der Waals surface area contributed by atoms with Gasteiger partial charge in [-0.2, -0.15) is 0 Å². The van der Waals surface area contributed by atoms with Crippen LogP contribution < -0.4 is 14.8 Å². The highest BCUT2D eigenvalue weighted by atomic mass is 79.9. The van der Waals surface area contributed by atoms with E-state index in [1.807, 2.05) is 55.3 Å². The summed E-state index contributed by atoms with van der Waals surface area (Å²) in [6.45, 7) is 2.85. The highest BCUT2D eigenvalue weighted by Crippen LogP contribution is 2.31. The molecule has 0 aliphatic rings. The number of anilines is 1. The second-order valence-corrected chi connectivity index (χ2v) is 6.69. The van der Waals surface area contributed by atoms with Crippen molar-refractivity contribution < 1.29 is 14.3 Å². The van der Waals surface area contributed by atoms with Crippen LogP contribution in [0.3, 0.4) is 0 Å². The van der Waals surface area contributed by atoms with Crippen molar-refractivity contribution in [1.82, 2.24) is 4.90 Å². The molecule has 0 fully saturated rings. The van der Waals surface area contributed by atoms with Gasteiger partial charge in [-0.05, 0) is 37.7 Å². The zero-order valence-corrected chi connectivity index (χ0v) is 16.5. The first kappa shape index (κ1) is 19.3. The van der Waals surface area contributed by atoms with Crippen molar-refractivity contribution in [2.45, 2.75) is 13.5 Å². The number of aryl methyl sites for hydroxylation is 1. The molecule has 0 unspecified atom stereocenters. The van der Waals surface area contributed by atoms with Crippen LogP contribution in [0.25, 0.3) is 0 Å². The van der Waals surface area contributed by atoms with Gasteiger partial charge in [0.1, 0.15) is 0 Å². The summed E-state index contributed by atoms with van der Waals surface area (Å²) in [5.74, 6) is 1.31. The third-order valence-corrected chi connectivity index (χ3v) is 4.65. The van der Waals surface area contributed by atoms with Gasteiger partial charge < -0.3 is 14.8 Å². The molecule has 6 heteroatoms. The number of nitrogens with one attached hydrogen (secondary N) is 1. The number of para-hydroxylation sites is 1. The van der Waals surface area contributed by atoms with Crippen molar-refractivity contribution in [2.75, 3.05) is 33.1 Å². The minimum Gasteiger partial charge on any atom is -0.493 e. The maximum atomic E-state index is 12.3. The van der Waals surface area contributed by atoms with Crippen LogP contribution in [0.2, 0.25) is 0 Å². The van der Waals surface area contributed by atoms with Crippen molar-refractivity contribution in [3.8, 4) is 11.5 Å². The Morgan fingerprint density at radius 3 is 2.60 bits per heavy atom. The largest absolute Gasteiger partial charge is 0.493 e. The summed E-state index contributed by atoms with van der Waals surface area (Å²) < 4.78 is 11.7. The molecule has 134 valence electrons. The van der Waals surface area contributed by atoms with Crippen molar-refractivity contribution in [3.63, 3.8) is 0 Å². The number of ether oxygens (including phenoxy) is 2. The van der Waals surface area contributed by atoms with Gasteiger partial charge in [0.15, 0.2) is 11.5 Å². The molecule has 0 bridgehead atoms. The molecule has 0 radical (unpaired) electrons. The molecular weight excluding hydrogens is 384 g/mol. The molecule has 0 saturated heterocycles. The van der Waals surface area contributed by atoms with Crippen LogP contribution in [0.4, 0.5) is 5.69 Å². The fourth-order valence-electron chi connectivity index (χ4n) is 2.54. The van der Waals surface area contributed by atoms with Crippen molar-refractivity contribution in [3.05, 3.63) is 52.0 Å². The minimum absolute atomic E-state index is 0.0693. The van der Waals surface area contributed by atoms with Gasteiger partial charge >= 0.3 is 0 Å². The molecule has 0 saturated carbocycles. The predicted molar refractivity (Wildman–Crippen MR) is 103 cm³/mol. The third-order valence-electron chi connectivity index (χ3n) is 3.79. The lowest BCUT2D eigenvalue weighted by atomic mass is 10.1. The number of nitrogens with zero attached hydrogens (tertiary/aromatic N) is 1. The molecule has 5 nitrogen and oxygen atoms in total. The topological polar surface area (TPSA) is 50.8 Å². The molecule has 0 aliphatic carbocycles. The number of methoxy groups -OCH3 is 2. The van der Waals surface area contributed by atoms with E-state index in [0.717, 1.165) is 21.3 Å². The fourth-order valence-corrected chi connectivity index (χ4v) is 2.92. The number of carbonyl (C=O) groups excluding carboxylic acids is 1. The van der Waals surface area contributed by atoms with Gasteiger partial charge in [-0.1, -0.05) is 34.1 Å². The van der Waals surface area contributed by atoms with E-state index in [0.29, 0.717) is 18.0 Å². The van der Waals surface area contributed by atoms with Crippen LogP contribution in [-0.2, 0) is 11.3 Å². The summed E-state index contributed by atoms with van der Waals surface area (Å²) in [5, 5.41) is 2.91. The average Bonchev–Trinajstić information content (AvgIpc) is 2.57. The number of hydrogen-bond acceptors (Lipinski definition) is 4. The van der Waals surface area contributed by atoms with E-state index >= 15 is 0 Å². The van der Waals surface area contributed by atoms with E-state index in [1.165, 1.54) is 0 Å². The summed E-state index contributed by atoms with van der Waals surface area (Å²) in [4.78, 5) is 14.2. The van der Waals surface area contributed by atoms with Crippen molar-refractivity contribution >= 4 is 27.5 Å². The van der Waals surface area contributed by atoms with Gasteiger partial charge in [0.2, 0.25) is 5.91 Å². The van der Waals surface area contributed by atoms with Crippen LogP contribution in [-0.4, -0.2) is 38.6 Å². The molecule has 0 aromatic heterocycles. The SMILES string of the molecule is COc1cccc(CN(C)CC(=O)Nc2ccc(C)c(Br)c2)c1OC. The number of carbonyl (C=O) groups is 1. The molecule has 0 atom stereocenters. The normalized spacial score (nSPS) is 10.6. The Morgan fingerprint density at radius 2 is 1.96 bits per heavy atom. The van der Waals surface area contributed by atoms with E-state index in [1.54, 1.807) is 14.2 Å². The first-order valence-corrected chi connectivity index (χ1v) is 8.68. The molecule has 0 spiro atoms. The summed E-state index contributed by atoms with van der Waals surface area (Å²) in [7, 11) is 5.12. The van der Waals surface area contributed by atoms with Gasteiger partial charge in [-0.3, -0.25) is 9.69 Å². The minimum atomic E-state index is -0.0693. The van der Waals surface area contributed by atoms with E-state index in [4.69, 9.17) is 9.47 Å². The van der Waals surface area contributed by atoms with Gasteiger partial charge in [-0.15, -0.1) is 0 Å². The molecule has 25 heavy (non-hydrogen) atoms. The first-order chi connectivity index (χ1) is 11.9. The first-order valence-electron chi connectivity index (χ1n) is 7.89. The maximum absolute atomic E-state index is 12.3. The van der Waals surface area contributed by atoms with Gasteiger partial charge in [-0.25, -0.2) is 0 Å². The summed E-state index contributed by atoms with van der Waals surface area (Å²) in [5.41, 5.74) is 2.87. The summed E-state index contributed by atoms with van der Waals surface area (Å²) in [6, 6.07) is 11.5. The number of likely N-dealkylation sites (N-methyl/N-ethyl adjacent to an activating group) is 1. The van der Waals surface area contributed by atoms with Gasteiger partial charge in [0.05, 0.1) is 20.8 Å². The van der Waals surface area contributed by atoms with Crippen LogP contribution in [0.1, 0.15) is 11.1 Å². The Balaban J connectivity index is 1.99. The zero-order valence-electron chi connectivity index (χ0n) is 14.9. The molecule has 0 aliphatic heterocycles. The fraction of sp³-hybridized carbons (Fsp3) is 0.316. The molecular formula is C19H23BrN2O3. The number of amides is 1. The Labute approximate surface area is 157 Å². The molecule has 2 aromatic rings. The smallest absolute Gasteiger partial charge is 0.238 e. The zero-order chi connectivity index (χ0) is 18.4. The number of halogens is 1. The van der Waals surface area contributed by atoms with Crippen LogP contribution >= 0.6 is 15.9 Å². The summed E-state index contributed by atoms with van der Waals surface area (Å²) >= 11 is 3.47. The lowest BCUT2D eigenvalue weighted by Crippen LogP contribution is -2.30. The lowest BCUT2D eigenvalue weighted by Gasteiger charge is -2.19. The van der Waals surface area contributed by atoms with Gasteiger partial charge in [0, 0.05) is 22.3 Å². The van der Waals surface area contributed by atoms with Crippen LogP contribution in [0, 0.1) is 6.92 Å². The average molecular weight is 407 g/mol. The van der Waals surface area contributed by atoms with Crippen molar-refractivity contribution in [2.24, 2.45) is 0 Å². The Morgan fingerprint density at radius 1 is 1.20 bits per heavy atom. The molecule has 1 N–H and O–H groups in total. The monoisotopic (exact) mass is 406 g/mol. The van der Waals surface area contributed by atoms with E-state index < -0.39 is 0 Å². The molecule has 0 heterocycles.